The Bertz CT molecular complexity index is 1350. The first-order valence-electron chi connectivity index (χ1n) is 19.8. The zero-order valence-corrected chi connectivity index (χ0v) is 36.8. The number of aliphatic carboxylic acids is 1. The molecule has 0 atom stereocenters. The molecule has 0 bridgehead atoms. The van der Waals surface area contributed by atoms with Crippen molar-refractivity contribution in [1.82, 2.24) is 9.88 Å². The highest BCUT2D eigenvalue weighted by atomic mass is 32.2. The summed E-state index contributed by atoms with van der Waals surface area (Å²) in [6, 6.07) is 1.87. The molecule has 306 valence electrons. The Balaban J connectivity index is -0.00000137. The van der Waals surface area contributed by atoms with Crippen LogP contribution in [0, 0.1) is 0 Å². The minimum absolute atomic E-state index is 0.0236. The van der Waals surface area contributed by atoms with Crippen LogP contribution in [0.25, 0.3) is 0 Å². The lowest BCUT2D eigenvalue weighted by Gasteiger charge is -2.17. The molecule has 1 aliphatic rings. The minimum Gasteiger partial charge on any atom is -0.480 e. The number of carbonyl (C=O) groups excluding carboxylic acids is 2. The first-order valence-corrected chi connectivity index (χ1v) is 21.0. The zero-order valence-electron chi connectivity index (χ0n) is 35.9. The van der Waals surface area contributed by atoms with Gasteiger partial charge < -0.3 is 24.5 Å². The number of hydrogen-bond acceptors (Lipinski definition) is 5. The monoisotopic (exact) mass is 769 g/mol. The normalized spacial score (nSPS) is 12.8. The molecule has 0 spiro atoms. The maximum atomic E-state index is 13.0. The van der Waals surface area contributed by atoms with Crippen molar-refractivity contribution in [3.8, 4) is 0 Å². The molecule has 0 unspecified atom stereocenters. The van der Waals surface area contributed by atoms with Gasteiger partial charge in [0.05, 0.1) is 6.54 Å². The molecule has 2 N–H and O–H groups in total. The van der Waals surface area contributed by atoms with E-state index in [9.17, 15) is 14.4 Å². The van der Waals surface area contributed by atoms with Crippen LogP contribution in [0.1, 0.15) is 148 Å². The van der Waals surface area contributed by atoms with Gasteiger partial charge in [-0.25, -0.2) is 0 Å². The van der Waals surface area contributed by atoms with E-state index in [1.165, 1.54) is 17.7 Å². The molecule has 0 aliphatic heterocycles. The molecule has 1 aliphatic carbocycles. The first-order chi connectivity index (χ1) is 25.9. The molecule has 0 saturated heterocycles. The van der Waals surface area contributed by atoms with Gasteiger partial charge >= 0.3 is 5.97 Å². The van der Waals surface area contributed by atoms with Crippen LogP contribution in [0.3, 0.4) is 0 Å². The van der Waals surface area contributed by atoms with Crippen molar-refractivity contribution in [2.75, 3.05) is 26.0 Å². The van der Waals surface area contributed by atoms with Gasteiger partial charge in [-0.05, 0) is 98.8 Å². The molecule has 1 amide bonds. The molecule has 0 aromatic carbocycles. The Labute approximate surface area is 334 Å². The second-order valence-corrected chi connectivity index (χ2v) is 13.7. The largest absolute Gasteiger partial charge is 0.480 e. The third kappa shape index (κ3) is 26.2. The SMILES string of the molecule is C=C(C)SC.C=C\C=C(C)/C(/C=C\C(=C)C=C(C)C)=C\Cc1c(C2CCCCCC2)cc(C(=O)NCC(=O)O)n1CC=O.CC.CC.CCCOCCC. The van der Waals surface area contributed by atoms with E-state index in [-0.39, 0.29) is 6.54 Å². The molecule has 54 heavy (non-hydrogen) atoms. The highest BCUT2D eigenvalue weighted by molar-refractivity contribution is 8.02. The molecule has 2 rings (SSSR count). The lowest BCUT2D eigenvalue weighted by Crippen LogP contribution is -2.31. The van der Waals surface area contributed by atoms with E-state index in [0.29, 0.717) is 18.0 Å². The van der Waals surface area contributed by atoms with Crippen LogP contribution >= 0.6 is 11.8 Å². The number of carboxylic acids is 1. The smallest absolute Gasteiger partial charge is 0.322 e. The molecule has 0 radical (unpaired) electrons. The van der Waals surface area contributed by atoms with E-state index < -0.39 is 18.4 Å². The van der Waals surface area contributed by atoms with Crippen LogP contribution in [0.4, 0.5) is 0 Å². The summed E-state index contributed by atoms with van der Waals surface area (Å²) < 4.78 is 6.88. The van der Waals surface area contributed by atoms with Crippen LogP contribution in [0.15, 0.2) is 89.5 Å². The van der Waals surface area contributed by atoms with Crippen molar-refractivity contribution in [3.05, 3.63) is 106 Å². The summed E-state index contributed by atoms with van der Waals surface area (Å²) in [5.74, 6) is -1.31. The van der Waals surface area contributed by atoms with Gasteiger partial charge in [-0.3, -0.25) is 9.59 Å². The van der Waals surface area contributed by atoms with E-state index >= 15 is 0 Å². The highest BCUT2D eigenvalue weighted by Gasteiger charge is 2.25. The summed E-state index contributed by atoms with van der Waals surface area (Å²) in [7, 11) is 0. The van der Waals surface area contributed by atoms with Gasteiger partial charge in [-0.15, -0.1) is 11.8 Å². The average molecular weight is 769 g/mol. The Morgan fingerprint density at radius 2 is 1.54 bits per heavy atom. The number of ether oxygens (including phenoxy) is 1. The summed E-state index contributed by atoms with van der Waals surface area (Å²) >= 11 is 1.69. The molecule has 1 fully saturated rings. The number of aldehydes is 1. The van der Waals surface area contributed by atoms with Crippen LogP contribution in [0.2, 0.25) is 0 Å². The minimum atomic E-state index is -1.12. The van der Waals surface area contributed by atoms with Crippen molar-refractivity contribution >= 4 is 29.9 Å². The van der Waals surface area contributed by atoms with Crippen LogP contribution in [-0.2, 0) is 27.3 Å². The van der Waals surface area contributed by atoms with Gasteiger partial charge in [-0.2, -0.15) is 0 Å². The molecule has 1 saturated carbocycles. The molecule has 1 heterocycles. The quantitative estimate of drug-likeness (QED) is 0.0668. The number of aromatic nitrogens is 1. The van der Waals surface area contributed by atoms with Crippen molar-refractivity contribution < 1.29 is 24.2 Å². The first kappa shape index (κ1) is 54.7. The number of nitrogens with zero attached hydrogens (tertiary/aromatic N) is 1. The third-order valence-corrected chi connectivity index (χ3v) is 8.46. The van der Waals surface area contributed by atoms with Crippen molar-refractivity contribution in [2.24, 2.45) is 0 Å². The zero-order chi connectivity index (χ0) is 41.9. The number of rotatable bonds is 18. The topological polar surface area (TPSA) is 97.6 Å². The standard InChI is InChI=1S/C32H42N2O4.C6H14O.C4H8S.2C2H6/c1-6-11-25(5)26(15-14-24(4)20-23(2)3)16-17-29-28(27-12-9-7-8-10-13-27)21-30(34(29)18-19-35)32(38)33-22-31(36)37;1-3-5-7-6-4-2;1-4(2)5-3;2*1-2/h6,11,14-16,19-21,27H,1,4,7-10,12-13,17-18,22H2,2-3,5H3,(H,33,38)(H,36,37);3-6H2,1-2H3;1H2,2-3H3;2*1-2H3/b15-14-,25-11-,26-16-;;;;. The number of carbonyl (C=O) groups is 3. The molecular weight excluding hydrogens is 693 g/mol. The van der Waals surface area contributed by atoms with E-state index in [2.05, 4.69) is 45.0 Å². The lowest BCUT2D eigenvalue weighted by molar-refractivity contribution is -0.135. The van der Waals surface area contributed by atoms with Gasteiger partial charge in [0.25, 0.3) is 5.91 Å². The predicted octanol–water partition coefficient (Wildman–Crippen LogP) is 12.4. The fourth-order valence-corrected chi connectivity index (χ4v) is 5.35. The highest BCUT2D eigenvalue weighted by Crippen LogP contribution is 2.36. The number of nitrogens with one attached hydrogen (secondary N) is 1. The third-order valence-electron chi connectivity index (χ3n) is 7.76. The number of amides is 1. The molecule has 8 heteroatoms. The number of allylic oxidation sites excluding steroid dienone is 11. The fourth-order valence-electron chi connectivity index (χ4n) is 5.35. The second-order valence-electron chi connectivity index (χ2n) is 12.6. The number of thioether (sulfide) groups is 1. The second kappa shape index (κ2) is 36.4. The van der Waals surface area contributed by atoms with Crippen molar-refractivity contribution in [1.29, 1.82) is 0 Å². The van der Waals surface area contributed by atoms with Crippen molar-refractivity contribution in [3.63, 3.8) is 0 Å². The van der Waals surface area contributed by atoms with E-state index in [1.54, 1.807) is 22.4 Å². The van der Waals surface area contributed by atoms with Crippen LogP contribution < -0.4 is 5.32 Å². The van der Waals surface area contributed by atoms with Gasteiger partial charge in [0.1, 0.15) is 18.5 Å². The van der Waals surface area contributed by atoms with E-state index in [1.807, 2.05) is 92.0 Å². The van der Waals surface area contributed by atoms with Crippen LogP contribution in [-0.4, -0.2) is 53.9 Å². The number of hydrogen-bond donors (Lipinski definition) is 2. The lowest BCUT2D eigenvalue weighted by atomic mass is 9.90. The Hall–Kier alpha value is -3.62. The molecule has 1 aromatic rings. The molecule has 7 nitrogen and oxygen atoms in total. The Morgan fingerprint density at radius 1 is 0.981 bits per heavy atom. The molecule has 1 aromatic heterocycles. The van der Waals surface area contributed by atoms with Crippen molar-refractivity contribution in [2.45, 2.75) is 139 Å². The van der Waals surface area contributed by atoms with E-state index in [0.717, 1.165) is 91.6 Å². The molecular formula is C46H76N2O5S. The summed E-state index contributed by atoms with van der Waals surface area (Å²) in [5.41, 5.74) is 6.41. The van der Waals surface area contributed by atoms with Gasteiger partial charge in [-0.1, -0.05) is 129 Å². The fraction of sp³-hybridized carbons (Fsp3) is 0.543. The summed E-state index contributed by atoms with van der Waals surface area (Å²) in [6.45, 7) is 33.3. The predicted molar refractivity (Wildman–Crippen MR) is 237 cm³/mol. The van der Waals surface area contributed by atoms with Gasteiger partial charge in [0.15, 0.2) is 0 Å². The van der Waals surface area contributed by atoms with E-state index in [4.69, 9.17) is 9.84 Å². The number of carboxylic acid groups (broad SMARTS) is 1. The summed E-state index contributed by atoms with van der Waals surface area (Å²) in [6.07, 6.45) is 24.1. The van der Waals surface area contributed by atoms with Gasteiger partial charge in [0, 0.05) is 25.3 Å². The Kier molecular flexibility index (Phi) is 36.8. The average Bonchev–Trinajstić information content (AvgIpc) is 3.29. The summed E-state index contributed by atoms with van der Waals surface area (Å²) in [4.78, 5) is 36.9. The Morgan fingerprint density at radius 3 is 1.98 bits per heavy atom. The summed E-state index contributed by atoms with van der Waals surface area (Å²) in [5, 5.41) is 11.5. The van der Waals surface area contributed by atoms with Crippen LogP contribution in [0.5, 0.6) is 0 Å². The maximum absolute atomic E-state index is 13.0. The maximum Gasteiger partial charge on any atom is 0.322 e. The van der Waals surface area contributed by atoms with Gasteiger partial charge in [0.2, 0.25) is 0 Å².